The monoisotopic (exact) mass is 597 g/mol. The minimum atomic E-state index is -1.62. The fourth-order valence-electron chi connectivity index (χ4n) is 5.50. The largest absolute Gasteiger partial charge is 0.479 e. The second-order valence-electron chi connectivity index (χ2n) is 11.0. The van der Waals surface area contributed by atoms with E-state index in [0.717, 1.165) is 18.5 Å². The molecular formula is C35H33ClFN3O3. The van der Waals surface area contributed by atoms with Gasteiger partial charge in [0.05, 0.1) is 17.4 Å². The van der Waals surface area contributed by atoms with Crippen molar-refractivity contribution in [1.29, 1.82) is 0 Å². The highest BCUT2D eigenvalue weighted by Gasteiger charge is 2.35. The van der Waals surface area contributed by atoms with Crippen LogP contribution < -0.4 is 5.32 Å². The summed E-state index contributed by atoms with van der Waals surface area (Å²) < 4.78 is 14.0. The average molecular weight is 598 g/mol. The molecule has 0 unspecified atom stereocenters. The number of aliphatic carboxylic acids is 1. The van der Waals surface area contributed by atoms with Crippen LogP contribution in [0.25, 0.3) is 0 Å². The van der Waals surface area contributed by atoms with E-state index in [1.807, 2.05) is 72.8 Å². The average Bonchev–Trinajstić information content (AvgIpc) is 3.46. The Balaban J connectivity index is 1.49. The Morgan fingerprint density at radius 1 is 1.00 bits per heavy atom. The van der Waals surface area contributed by atoms with Crippen LogP contribution in [0.15, 0.2) is 108 Å². The van der Waals surface area contributed by atoms with Crippen LogP contribution in [0.5, 0.6) is 0 Å². The number of hydrogen-bond donors (Lipinski definition) is 2. The Kier molecular flexibility index (Phi) is 9.34. The molecule has 1 aliphatic heterocycles. The zero-order valence-corrected chi connectivity index (χ0v) is 24.6. The number of anilines is 1. The Bertz CT molecular complexity index is 1640. The van der Waals surface area contributed by atoms with E-state index in [1.54, 1.807) is 18.2 Å². The third-order valence-electron chi connectivity index (χ3n) is 7.74. The lowest BCUT2D eigenvalue weighted by Gasteiger charge is -2.26. The number of para-hydroxylation sites is 1. The summed E-state index contributed by atoms with van der Waals surface area (Å²) in [6.45, 7) is 2.86. The van der Waals surface area contributed by atoms with Gasteiger partial charge in [-0.05, 0) is 61.7 Å². The van der Waals surface area contributed by atoms with Crippen LogP contribution >= 0.6 is 11.6 Å². The highest BCUT2D eigenvalue weighted by atomic mass is 35.5. The van der Waals surface area contributed by atoms with Crippen molar-refractivity contribution in [2.75, 3.05) is 11.9 Å². The topological polar surface area (TPSA) is 82.0 Å². The molecule has 0 aromatic heterocycles. The lowest BCUT2D eigenvalue weighted by atomic mass is 9.91. The molecule has 0 aliphatic carbocycles. The van der Waals surface area contributed by atoms with E-state index in [0.29, 0.717) is 46.1 Å². The van der Waals surface area contributed by atoms with Gasteiger partial charge in [0.1, 0.15) is 5.82 Å². The Morgan fingerprint density at radius 2 is 1.72 bits per heavy atom. The van der Waals surface area contributed by atoms with Gasteiger partial charge in [0.25, 0.3) is 0 Å². The quantitative estimate of drug-likeness (QED) is 0.193. The smallest absolute Gasteiger partial charge is 0.331 e. The molecule has 0 radical (unpaired) electrons. The number of carbonyl (C=O) groups is 2. The Hall–Kier alpha value is -4.33. The second-order valence-corrected chi connectivity index (χ2v) is 11.4. The van der Waals surface area contributed by atoms with Gasteiger partial charge < -0.3 is 10.4 Å². The predicted molar refractivity (Wildman–Crippen MR) is 168 cm³/mol. The first-order chi connectivity index (χ1) is 20.7. The molecule has 43 heavy (non-hydrogen) atoms. The van der Waals surface area contributed by atoms with Gasteiger partial charge in [0, 0.05) is 29.1 Å². The van der Waals surface area contributed by atoms with Crippen LogP contribution in [-0.4, -0.2) is 45.7 Å². The standard InChI is InChI=1S/C35H33ClFN3O3/c1-35(34(42)43,22-24-11-9-15-27(37)21-24)39-32(25-12-3-2-4-13-25)28-16-6-8-18-30(28)38-33(41)31-19-10-20-40(31)23-26-14-5-7-17-29(26)36/h2-9,11-18,21,31H,10,19-20,22-23H2,1H3,(H,38,41)(H,42,43)/t31-,35-/m0/s1. The fraction of sp³-hybridized carbons (Fsp3) is 0.229. The van der Waals surface area contributed by atoms with Gasteiger partial charge >= 0.3 is 5.97 Å². The number of carboxylic acid groups (broad SMARTS) is 1. The normalized spacial score (nSPS) is 16.9. The Morgan fingerprint density at radius 3 is 2.47 bits per heavy atom. The fourth-order valence-corrected chi connectivity index (χ4v) is 5.70. The molecule has 4 aromatic rings. The molecule has 1 amide bonds. The van der Waals surface area contributed by atoms with Crippen LogP contribution in [0.1, 0.15) is 42.0 Å². The summed E-state index contributed by atoms with van der Waals surface area (Å²) in [5.41, 5.74) is 2.08. The molecule has 0 saturated carbocycles. The lowest BCUT2D eigenvalue weighted by molar-refractivity contribution is -0.142. The van der Waals surface area contributed by atoms with E-state index in [2.05, 4.69) is 10.2 Å². The third kappa shape index (κ3) is 7.19. The number of likely N-dealkylation sites (tertiary alicyclic amines) is 1. The molecule has 2 N–H and O–H groups in total. The van der Waals surface area contributed by atoms with Gasteiger partial charge in [-0.3, -0.25) is 14.7 Å². The molecule has 0 bridgehead atoms. The summed E-state index contributed by atoms with van der Waals surface area (Å²) in [6, 6.07) is 29.7. The van der Waals surface area contributed by atoms with Gasteiger partial charge in [-0.15, -0.1) is 0 Å². The van der Waals surface area contributed by atoms with E-state index in [-0.39, 0.29) is 18.4 Å². The highest BCUT2D eigenvalue weighted by Crippen LogP contribution is 2.28. The maximum atomic E-state index is 14.0. The van der Waals surface area contributed by atoms with E-state index in [1.165, 1.54) is 19.1 Å². The number of aliphatic imine (C=N–C) groups is 1. The summed E-state index contributed by atoms with van der Waals surface area (Å²) in [6.07, 6.45) is 1.57. The van der Waals surface area contributed by atoms with Crippen LogP contribution in [0.3, 0.4) is 0 Å². The molecule has 6 nitrogen and oxygen atoms in total. The molecular weight excluding hydrogens is 565 g/mol. The van der Waals surface area contributed by atoms with Crippen molar-refractivity contribution in [3.63, 3.8) is 0 Å². The van der Waals surface area contributed by atoms with Crippen molar-refractivity contribution in [2.24, 2.45) is 4.99 Å². The number of carboxylic acids is 1. The first kappa shape index (κ1) is 30.1. The zero-order valence-electron chi connectivity index (χ0n) is 23.8. The number of carbonyl (C=O) groups excluding carboxylic acids is 1. The Labute approximate surface area is 255 Å². The van der Waals surface area contributed by atoms with Gasteiger partial charge in [-0.25, -0.2) is 9.18 Å². The van der Waals surface area contributed by atoms with E-state index in [4.69, 9.17) is 16.6 Å². The molecule has 1 fully saturated rings. The molecule has 1 heterocycles. The SMILES string of the molecule is C[C@@](Cc1cccc(F)c1)(N=C(c1ccccc1)c1ccccc1NC(=O)[C@@H]1CCCN1Cc1ccccc1Cl)C(=O)O. The predicted octanol–water partition coefficient (Wildman–Crippen LogP) is 7.01. The minimum absolute atomic E-state index is 0.0238. The highest BCUT2D eigenvalue weighted by molar-refractivity contribution is 6.31. The molecule has 2 atom stereocenters. The molecule has 8 heteroatoms. The van der Waals surface area contributed by atoms with Gasteiger partial charge in [-0.1, -0.05) is 90.5 Å². The number of nitrogens with one attached hydrogen (secondary N) is 1. The second kappa shape index (κ2) is 13.3. The molecule has 1 saturated heterocycles. The molecule has 5 rings (SSSR count). The molecule has 220 valence electrons. The summed E-state index contributed by atoms with van der Waals surface area (Å²) in [5, 5.41) is 14.1. The maximum absolute atomic E-state index is 14.0. The van der Waals surface area contributed by atoms with E-state index in [9.17, 15) is 19.1 Å². The lowest BCUT2D eigenvalue weighted by Crippen LogP contribution is -2.39. The number of rotatable bonds is 10. The van der Waals surface area contributed by atoms with Crippen LogP contribution in [-0.2, 0) is 22.6 Å². The third-order valence-corrected chi connectivity index (χ3v) is 8.11. The number of amides is 1. The number of benzene rings is 4. The van der Waals surface area contributed by atoms with Crippen molar-refractivity contribution < 1.29 is 19.1 Å². The number of hydrogen-bond acceptors (Lipinski definition) is 4. The summed E-state index contributed by atoms with van der Waals surface area (Å²) >= 11 is 6.41. The van der Waals surface area contributed by atoms with E-state index >= 15 is 0 Å². The van der Waals surface area contributed by atoms with Crippen LogP contribution in [0, 0.1) is 5.82 Å². The summed E-state index contributed by atoms with van der Waals surface area (Å²) in [7, 11) is 0. The van der Waals surface area contributed by atoms with E-state index < -0.39 is 17.3 Å². The van der Waals surface area contributed by atoms with Crippen LogP contribution in [0.4, 0.5) is 10.1 Å². The number of halogens is 2. The van der Waals surface area contributed by atoms with Crippen molar-refractivity contribution in [3.05, 3.63) is 136 Å². The molecule has 1 aliphatic rings. The number of nitrogens with zero attached hydrogens (tertiary/aromatic N) is 2. The van der Waals surface area contributed by atoms with Crippen molar-refractivity contribution in [2.45, 2.75) is 44.3 Å². The molecule has 0 spiro atoms. The first-order valence-corrected chi connectivity index (χ1v) is 14.6. The van der Waals surface area contributed by atoms with Crippen molar-refractivity contribution in [3.8, 4) is 0 Å². The van der Waals surface area contributed by atoms with Gasteiger partial charge in [0.15, 0.2) is 5.54 Å². The molecule has 4 aromatic carbocycles. The van der Waals surface area contributed by atoms with Crippen molar-refractivity contribution in [1.82, 2.24) is 4.90 Å². The first-order valence-electron chi connectivity index (χ1n) is 14.2. The summed E-state index contributed by atoms with van der Waals surface area (Å²) in [4.78, 5) is 33.4. The van der Waals surface area contributed by atoms with Gasteiger partial charge in [0.2, 0.25) is 5.91 Å². The van der Waals surface area contributed by atoms with Crippen LogP contribution in [0.2, 0.25) is 5.02 Å². The van der Waals surface area contributed by atoms with Gasteiger partial charge in [-0.2, -0.15) is 0 Å². The maximum Gasteiger partial charge on any atom is 0.331 e. The summed E-state index contributed by atoms with van der Waals surface area (Å²) in [5.74, 6) is -1.74. The zero-order chi connectivity index (χ0) is 30.4. The minimum Gasteiger partial charge on any atom is -0.479 e. The van der Waals surface area contributed by atoms with Crippen molar-refractivity contribution >= 4 is 34.9 Å².